The van der Waals surface area contributed by atoms with Crippen molar-refractivity contribution < 1.29 is 23.4 Å². The summed E-state index contributed by atoms with van der Waals surface area (Å²) in [5, 5.41) is 8.57. The molecule has 15 heavy (non-hydrogen) atoms. The Kier molecular flexibility index (Phi) is 3.37. The van der Waals surface area contributed by atoms with E-state index in [0.717, 1.165) is 6.07 Å². The second kappa shape index (κ2) is 4.54. The van der Waals surface area contributed by atoms with Gasteiger partial charge in [-0.05, 0) is 12.1 Å². The van der Waals surface area contributed by atoms with Crippen molar-refractivity contribution in [3.05, 3.63) is 17.8 Å². The van der Waals surface area contributed by atoms with Crippen LogP contribution in [0.1, 0.15) is 10.5 Å². The van der Waals surface area contributed by atoms with Gasteiger partial charge in [0.2, 0.25) is 5.88 Å². The summed E-state index contributed by atoms with van der Waals surface area (Å²) in [6, 6.07) is 2.39. The molecule has 0 amide bonds. The lowest BCUT2D eigenvalue weighted by Crippen LogP contribution is -2.11. The van der Waals surface area contributed by atoms with Crippen molar-refractivity contribution in [3.63, 3.8) is 0 Å². The third kappa shape index (κ3) is 3.04. The van der Waals surface area contributed by atoms with E-state index in [9.17, 15) is 13.6 Å². The molecule has 0 aromatic carbocycles. The van der Waals surface area contributed by atoms with Gasteiger partial charge in [-0.3, -0.25) is 0 Å². The molecular weight excluding hydrogens is 210 g/mol. The van der Waals surface area contributed by atoms with Gasteiger partial charge < -0.3 is 15.6 Å². The van der Waals surface area contributed by atoms with Crippen LogP contribution in [0, 0.1) is 0 Å². The van der Waals surface area contributed by atoms with Gasteiger partial charge >= 0.3 is 5.97 Å². The van der Waals surface area contributed by atoms with E-state index in [4.69, 9.17) is 10.8 Å². The van der Waals surface area contributed by atoms with Gasteiger partial charge in [0, 0.05) is 0 Å². The zero-order valence-corrected chi connectivity index (χ0v) is 7.48. The predicted molar refractivity (Wildman–Crippen MR) is 47.1 cm³/mol. The highest BCUT2D eigenvalue weighted by Gasteiger charge is 2.11. The summed E-state index contributed by atoms with van der Waals surface area (Å²) in [7, 11) is 0. The quantitative estimate of drug-likeness (QED) is 0.787. The van der Waals surface area contributed by atoms with Crippen molar-refractivity contribution in [2.75, 3.05) is 12.3 Å². The van der Waals surface area contributed by atoms with Crippen LogP contribution in [0.3, 0.4) is 0 Å². The summed E-state index contributed by atoms with van der Waals surface area (Å²) in [6.45, 7) is -0.875. The Hall–Kier alpha value is -1.92. The first kappa shape index (κ1) is 11.2. The van der Waals surface area contributed by atoms with Crippen molar-refractivity contribution in [1.82, 2.24) is 4.98 Å². The predicted octanol–water partition coefficient (Wildman–Crippen LogP) is 1.01. The molecule has 1 heterocycles. The standard InChI is InChI=1S/C8H8F2N2O3/c9-6(10)3-15-7-4(11)1-2-5(12-7)8(13)14/h1-2,6H,3,11H2,(H,13,14). The number of nitrogens with two attached hydrogens (primary N) is 1. The number of carboxylic acid groups (broad SMARTS) is 1. The molecule has 1 aromatic heterocycles. The molecular formula is C8H8F2N2O3. The maximum Gasteiger partial charge on any atom is 0.354 e. The van der Waals surface area contributed by atoms with E-state index in [1.54, 1.807) is 0 Å². The number of hydrogen-bond acceptors (Lipinski definition) is 4. The number of aromatic carboxylic acids is 1. The zero-order chi connectivity index (χ0) is 11.4. The van der Waals surface area contributed by atoms with E-state index < -0.39 is 19.0 Å². The molecule has 0 saturated carbocycles. The minimum Gasteiger partial charge on any atom is -0.477 e. The number of hydrogen-bond donors (Lipinski definition) is 2. The van der Waals surface area contributed by atoms with Crippen LogP contribution in [0.25, 0.3) is 0 Å². The van der Waals surface area contributed by atoms with E-state index >= 15 is 0 Å². The smallest absolute Gasteiger partial charge is 0.354 e. The van der Waals surface area contributed by atoms with Gasteiger partial charge in [0.05, 0.1) is 5.69 Å². The van der Waals surface area contributed by atoms with Crippen molar-refractivity contribution in [3.8, 4) is 5.88 Å². The largest absolute Gasteiger partial charge is 0.477 e. The van der Waals surface area contributed by atoms with Gasteiger partial charge in [0.25, 0.3) is 6.43 Å². The number of aromatic nitrogens is 1. The first-order valence-corrected chi connectivity index (χ1v) is 3.91. The molecule has 0 aliphatic rings. The molecule has 0 bridgehead atoms. The molecule has 3 N–H and O–H groups in total. The summed E-state index contributed by atoms with van der Waals surface area (Å²) in [5.41, 5.74) is 5.05. The molecule has 0 aliphatic heterocycles. The Morgan fingerprint density at radius 2 is 2.27 bits per heavy atom. The summed E-state index contributed by atoms with van der Waals surface area (Å²) in [4.78, 5) is 14.0. The van der Waals surface area contributed by atoms with E-state index in [0.29, 0.717) is 0 Å². The number of carboxylic acids is 1. The van der Waals surface area contributed by atoms with E-state index in [1.165, 1.54) is 6.07 Å². The average molecular weight is 218 g/mol. The molecule has 5 nitrogen and oxygen atoms in total. The molecule has 0 fully saturated rings. The number of alkyl halides is 2. The Balaban J connectivity index is 2.85. The highest BCUT2D eigenvalue weighted by atomic mass is 19.3. The van der Waals surface area contributed by atoms with Crippen LogP contribution in [-0.4, -0.2) is 29.1 Å². The molecule has 1 rings (SSSR count). The zero-order valence-electron chi connectivity index (χ0n) is 7.48. The Labute approximate surface area is 83.5 Å². The van der Waals surface area contributed by atoms with Gasteiger partial charge in [-0.2, -0.15) is 0 Å². The summed E-state index contributed by atoms with van der Waals surface area (Å²) >= 11 is 0. The third-order valence-corrected chi connectivity index (χ3v) is 1.45. The summed E-state index contributed by atoms with van der Waals surface area (Å²) < 4.78 is 28.1. The van der Waals surface area contributed by atoms with Gasteiger partial charge in [0.1, 0.15) is 0 Å². The molecule has 0 radical (unpaired) electrons. The van der Waals surface area contributed by atoms with E-state index in [2.05, 4.69) is 9.72 Å². The van der Waals surface area contributed by atoms with Gasteiger partial charge in [-0.1, -0.05) is 0 Å². The monoisotopic (exact) mass is 218 g/mol. The fraction of sp³-hybridized carbons (Fsp3) is 0.250. The summed E-state index contributed by atoms with van der Waals surface area (Å²) in [5.74, 6) is -1.58. The first-order chi connectivity index (χ1) is 7.00. The second-order valence-electron chi connectivity index (χ2n) is 2.60. The molecule has 0 spiro atoms. The highest BCUT2D eigenvalue weighted by Crippen LogP contribution is 2.18. The van der Waals surface area contributed by atoms with Gasteiger partial charge in [0.15, 0.2) is 12.3 Å². The number of carbonyl (C=O) groups is 1. The molecule has 0 unspecified atom stereocenters. The Morgan fingerprint density at radius 3 is 2.80 bits per heavy atom. The van der Waals surface area contributed by atoms with Crippen LogP contribution in [-0.2, 0) is 0 Å². The number of halogens is 2. The fourth-order valence-electron chi connectivity index (χ4n) is 0.828. The summed E-state index contributed by atoms with van der Waals surface area (Å²) in [6.07, 6.45) is -2.67. The van der Waals surface area contributed by atoms with Crippen LogP contribution >= 0.6 is 0 Å². The maximum atomic E-state index is 11.8. The molecule has 7 heteroatoms. The third-order valence-electron chi connectivity index (χ3n) is 1.45. The SMILES string of the molecule is Nc1ccc(C(=O)O)nc1OCC(F)F. The molecule has 1 aromatic rings. The van der Waals surface area contributed by atoms with Gasteiger partial charge in [-0.15, -0.1) is 0 Å². The normalized spacial score (nSPS) is 10.3. The van der Waals surface area contributed by atoms with Crippen LogP contribution in [0.5, 0.6) is 5.88 Å². The van der Waals surface area contributed by atoms with Crippen molar-refractivity contribution in [2.45, 2.75) is 6.43 Å². The minimum absolute atomic E-state index is 0.0145. The van der Waals surface area contributed by atoms with Crippen LogP contribution in [0.2, 0.25) is 0 Å². The van der Waals surface area contributed by atoms with Crippen molar-refractivity contribution in [2.24, 2.45) is 0 Å². The average Bonchev–Trinajstić information content (AvgIpc) is 2.16. The fourth-order valence-corrected chi connectivity index (χ4v) is 0.828. The number of nitrogen functional groups attached to an aromatic ring is 1. The van der Waals surface area contributed by atoms with Crippen LogP contribution in [0.15, 0.2) is 12.1 Å². The van der Waals surface area contributed by atoms with Crippen molar-refractivity contribution >= 4 is 11.7 Å². The number of anilines is 1. The lowest BCUT2D eigenvalue weighted by molar-refractivity contribution is 0.0684. The minimum atomic E-state index is -2.67. The molecule has 0 saturated heterocycles. The first-order valence-electron chi connectivity index (χ1n) is 3.91. The number of pyridine rings is 1. The van der Waals surface area contributed by atoms with E-state index in [1.807, 2.05) is 0 Å². The lowest BCUT2D eigenvalue weighted by atomic mass is 10.3. The van der Waals surface area contributed by atoms with E-state index in [-0.39, 0.29) is 17.3 Å². The molecule has 0 atom stereocenters. The maximum absolute atomic E-state index is 11.8. The van der Waals surface area contributed by atoms with Gasteiger partial charge in [-0.25, -0.2) is 18.6 Å². The Bertz CT molecular complexity index is 371. The van der Waals surface area contributed by atoms with Crippen molar-refractivity contribution in [1.29, 1.82) is 0 Å². The van der Waals surface area contributed by atoms with Crippen LogP contribution < -0.4 is 10.5 Å². The molecule has 0 aliphatic carbocycles. The second-order valence-corrected chi connectivity index (χ2v) is 2.60. The topological polar surface area (TPSA) is 85.4 Å². The molecule has 82 valence electrons. The highest BCUT2D eigenvalue weighted by molar-refractivity contribution is 5.86. The van der Waals surface area contributed by atoms with Crippen LogP contribution in [0.4, 0.5) is 14.5 Å². The number of ether oxygens (including phenoxy) is 1. The number of rotatable bonds is 4. The lowest BCUT2D eigenvalue weighted by Gasteiger charge is -2.07. The Morgan fingerprint density at radius 1 is 1.60 bits per heavy atom. The number of nitrogens with zero attached hydrogens (tertiary/aromatic N) is 1.